The van der Waals surface area contributed by atoms with Gasteiger partial charge in [0.05, 0.1) is 5.69 Å². The van der Waals surface area contributed by atoms with Crippen LogP contribution in [0.3, 0.4) is 0 Å². The maximum absolute atomic E-state index is 4.71. The lowest BCUT2D eigenvalue weighted by atomic mass is 10.3. The van der Waals surface area contributed by atoms with Crippen LogP contribution in [0.25, 0.3) is 0 Å². The van der Waals surface area contributed by atoms with E-state index in [0.29, 0.717) is 0 Å². The fourth-order valence-corrected chi connectivity index (χ4v) is 2.36. The standard InChI is InChI=1S/C17H31N5/c1-6-8-9-12-21(5)17(18-7-2)19-11-10-13-22-16(4)14-15(3)20-22/h6,14H,1,7-13H2,2-5H3,(H,18,19). The van der Waals surface area contributed by atoms with Gasteiger partial charge in [-0.1, -0.05) is 6.08 Å². The lowest BCUT2D eigenvalue weighted by Crippen LogP contribution is -2.39. The lowest BCUT2D eigenvalue weighted by molar-refractivity contribution is 0.468. The van der Waals surface area contributed by atoms with Gasteiger partial charge in [-0.15, -0.1) is 6.58 Å². The summed E-state index contributed by atoms with van der Waals surface area (Å²) in [5.41, 5.74) is 2.30. The predicted molar refractivity (Wildman–Crippen MR) is 94.4 cm³/mol. The molecule has 0 aliphatic rings. The number of rotatable bonds is 9. The first kappa shape index (κ1) is 18.3. The van der Waals surface area contributed by atoms with Crippen LogP contribution in [0.2, 0.25) is 0 Å². The fourth-order valence-electron chi connectivity index (χ4n) is 2.36. The molecule has 0 saturated heterocycles. The molecule has 1 aromatic heterocycles. The summed E-state index contributed by atoms with van der Waals surface area (Å²) in [4.78, 5) is 6.90. The third-order valence-electron chi connectivity index (χ3n) is 3.49. The van der Waals surface area contributed by atoms with Gasteiger partial charge in [-0.2, -0.15) is 5.10 Å². The first-order valence-electron chi connectivity index (χ1n) is 8.19. The van der Waals surface area contributed by atoms with Gasteiger partial charge >= 0.3 is 0 Å². The summed E-state index contributed by atoms with van der Waals surface area (Å²) >= 11 is 0. The molecular weight excluding hydrogens is 274 g/mol. The second-order valence-corrected chi connectivity index (χ2v) is 5.59. The number of nitrogens with one attached hydrogen (secondary N) is 1. The summed E-state index contributed by atoms with van der Waals surface area (Å²) in [6, 6.07) is 2.11. The van der Waals surface area contributed by atoms with Gasteiger partial charge in [0.15, 0.2) is 5.96 Å². The Morgan fingerprint density at radius 2 is 2.23 bits per heavy atom. The number of nitrogens with zero attached hydrogens (tertiary/aromatic N) is 4. The molecule has 1 N–H and O–H groups in total. The Balaban J connectivity index is 2.44. The van der Waals surface area contributed by atoms with Crippen LogP contribution in [0.4, 0.5) is 0 Å². The number of hydrogen-bond acceptors (Lipinski definition) is 2. The van der Waals surface area contributed by atoms with Gasteiger partial charge in [-0.25, -0.2) is 0 Å². The molecule has 1 aromatic rings. The van der Waals surface area contributed by atoms with E-state index in [-0.39, 0.29) is 0 Å². The van der Waals surface area contributed by atoms with Crippen molar-refractivity contribution in [2.45, 2.75) is 46.6 Å². The van der Waals surface area contributed by atoms with Crippen molar-refractivity contribution in [2.75, 3.05) is 26.7 Å². The molecular formula is C17H31N5. The molecule has 0 unspecified atom stereocenters. The van der Waals surface area contributed by atoms with Crippen molar-refractivity contribution in [1.82, 2.24) is 20.0 Å². The van der Waals surface area contributed by atoms with Crippen molar-refractivity contribution in [2.24, 2.45) is 4.99 Å². The second kappa shape index (κ2) is 10.0. The Bertz CT molecular complexity index is 475. The summed E-state index contributed by atoms with van der Waals surface area (Å²) in [6.45, 7) is 13.6. The summed E-state index contributed by atoms with van der Waals surface area (Å²) in [7, 11) is 2.09. The maximum atomic E-state index is 4.71. The van der Waals surface area contributed by atoms with Gasteiger partial charge < -0.3 is 10.2 Å². The van der Waals surface area contributed by atoms with Gasteiger partial charge in [0, 0.05) is 38.9 Å². The zero-order valence-corrected chi connectivity index (χ0v) is 14.6. The topological polar surface area (TPSA) is 45.5 Å². The third kappa shape index (κ3) is 6.33. The number of hydrogen-bond donors (Lipinski definition) is 1. The van der Waals surface area contributed by atoms with Gasteiger partial charge in [0.25, 0.3) is 0 Å². The average Bonchev–Trinajstić information content (AvgIpc) is 2.80. The Labute approximate surface area is 135 Å². The van der Waals surface area contributed by atoms with Gasteiger partial charge in [-0.05, 0) is 46.1 Å². The summed E-state index contributed by atoms with van der Waals surface area (Å²) in [6.07, 6.45) is 5.11. The number of aryl methyl sites for hydroxylation is 3. The molecule has 0 saturated carbocycles. The normalized spacial score (nSPS) is 11.5. The molecule has 5 nitrogen and oxygen atoms in total. The van der Waals surface area contributed by atoms with Crippen LogP contribution in [0, 0.1) is 13.8 Å². The van der Waals surface area contributed by atoms with Crippen LogP contribution in [0.5, 0.6) is 0 Å². The Morgan fingerprint density at radius 1 is 1.45 bits per heavy atom. The zero-order chi connectivity index (χ0) is 16.4. The van der Waals surface area contributed by atoms with E-state index in [4.69, 9.17) is 4.99 Å². The van der Waals surface area contributed by atoms with E-state index < -0.39 is 0 Å². The Hall–Kier alpha value is -1.78. The van der Waals surface area contributed by atoms with E-state index in [0.717, 1.165) is 57.1 Å². The number of aromatic nitrogens is 2. The van der Waals surface area contributed by atoms with Crippen LogP contribution in [-0.2, 0) is 6.54 Å². The van der Waals surface area contributed by atoms with Crippen LogP contribution in [0.1, 0.15) is 37.6 Å². The van der Waals surface area contributed by atoms with E-state index in [1.165, 1.54) is 5.69 Å². The minimum atomic E-state index is 0.812. The van der Waals surface area contributed by atoms with E-state index >= 15 is 0 Å². The van der Waals surface area contributed by atoms with Crippen LogP contribution in [0.15, 0.2) is 23.7 Å². The van der Waals surface area contributed by atoms with Crippen molar-refractivity contribution in [3.63, 3.8) is 0 Å². The summed E-state index contributed by atoms with van der Waals surface area (Å²) in [5.74, 6) is 0.986. The number of guanidine groups is 1. The predicted octanol–water partition coefficient (Wildman–Crippen LogP) is 2.75. The molecule has 0 amide bonds. The Kier molecular flexibility index (Phi) is 8.33. The minimum absolute atomic E-state index is 0.812. The Morgan fingerprint density at radius 3 is 2.82 bits per heavy atom. The fraction of sp³-hybridized carbons (Fsp3) is 0.647. The van der Waals surface area contributed by atoms with Gasteiger partial charge in [0.1, 0.15) is 0 Å². The monoisotopic (exact) mass is 305 g/mol. The average molecular weight is 305 g/mol. The van der Waals surface area contributed by atoms with Crippen molar-refractivity contribution in [3.05, 3.63) is 30.1 Å². The highest BCUT2D eigenvalue weighted by Crippen LogP contribution is 2.03. The maximum Gasteiger partial charge on any atom is 0.193 e. The number of unbranched alkanes of at least 4 members (excludes halogenated alkanes) is 1. The van der Waals surface area contributed by atoms with Crippen molar-refractivity contribution < 1.29 is 0 Å². The van der Waals surface area contributed by atoms with Crippen molar-refractivity contribution in [1.29, 1.82) is 0 Å². The van der Waals surface area contributed by atoms with E-state index in [2.05, 4.69) is 53.5 Å². The highest BCUT2D eigenvalue weighted by molar-refractivity contribution is 5.79. The molecule has 1 heterocycles. The van der Waals surface area contributed by atoms with E-state index in [1.54, 1.807) is 0 Å². The molecule has 0 atom stereocenters. The third-order valence-corrected chi connectivity index (χ3v) is 3.49. The quantitative estimate of drug-likeness (QED) is 0.330. The van der Waals surface area contributed by atoms with Crippen LogP contribution >= 0.6 is 0 Å². The zero-order valence-electron chi connectivity index (χ0n) is 14.6. The highest BCUT2D eigenvalue weighted by Gasteiger charge is 2.05. The molecule has 0 radical (unpaired) electrons. The summed E-state index contributed by atoms with van der Waals surface area (Å²) in [5, 5.41) is 7.83. The van der Waals surface area contributed by atoms with Crippen LogP contribution in [-0.4, -0.2) is 47.3 Å². The molecule has 0 bridgehead atoms. The molecule has 1 rings (SSSR count). The molecule has 5 heteroatoms. The smallest absolute Gasteiger partial charge is 0.193 e. The number of aliphatic imine (C=N–C) groups is 1. The van der Waals surface area contributed by atoms with Crippen LogP contribution < -0.4 is 5.32 Å². The molecule has 22 heavy (non-hydrogen) atoms. The molecule has 0 spiro atoms. The first-order chi connectivity index (χ1) is 10.6. The lowest BCUT2D eigenvalue weighted by Gasteiger charge is -2.21. The molecule has 0 fully saturated rings. The molecule has 124 valence electrons. The van der Waals surface area contributed by atoms with E-state index in [9.17, 15) is 0 Å². The van der Waals surface area contributed by atoms with Crippen molar-refractivity contribution >= 4 is 5.96 Å². The second-order valence-electron chi connectivity index (χ2n) is 5.59. The van der Waals surface area contributed by atoms with Crippen molar-refractivity contribution in [3.8, 4) is 0 Å². The van der Waals surface area contributed by atoms with E-state index in [1.807, 2.05) is 13.0 Å². The van der Waals surface area contributed by atoms with Gasteiger partial charge in [-0.3, -0.25) is 9.67 Å². The number of allylic oxidation sites excluding steroid dienone is 1. The molecule has 0 aliphatic heterocycles. The highest BCUT2D eigenvalue weighted by atomic mass is 15.3. The van der Waals surface area contributed by atoms with Gasteiger partial charge in [0.2, 0.25) is 0 Å². The SMILES string of the molecule is C=CCCCN(C)C(=NCCCn1nc(C)cc1C)NCC. The first-order valence-corrected chi connectivity index (χ1v) is 8.19. The molecule has 0 aliphatic carbocycles. The largest absolute Gasteiger partial charge is 0.357 e. The summed E-state index contributed by atoms with van der Waals surface area (Å²) < 4.78 is 2.06. The molecule has 0 aromatic carbocycles. The minimum Gasteiger partial charge on any atom is -0.357 e.